The molecular formula is C15H24N2O2. The van der Waals surface area contributed by atoms with Gasteiger partial charge >= 0.3 is 0 Å². The fourth-order valence-electron chi connectivity index (χ4n) is 1.99. The molecule has 0 bridgehead atoms. The van der Waals surface area contributed by atoms with E-state index >= 15 is 0 Å². The summed E-state index contributed by atoms with van der Waals surface area (Å²) in [5, 5.41) is 2.96. The molecule has 1 rings (SSSR count). The molecule has 106 valence electrons. The van der Waals surface area contributed by atoms with Crippen molar-refractivity contribution in [1.82, 2.24) is 5.32 Å². The van der Waals surface area contributed by atoms with Crippen molar-refractivity contribution < 1.29 is 9.53 Å². The molecule has 0 heterocycles. The van der Waals surface area contributed by atoms with Gasteiger partial charge < -0.3 is 15.8 Å². The minimum absolute atomic E-state index is 0.00395. The van der Waals surface area contributed by atoms with Gasteiger partial charge in [0.05, 0.1) is 13.2 Å². The third kappa shape index (κ3) is 5.30. The zero-order valence-electron chi connectivity index (χ0n) is 12.0. The number of hydrogen-bond acceptors (Lipinski definition) is 3. The maximum Gasteiger partial charge on any atom is 0.222 e. The molecule has 0 radical (unpaired) electrons. The summed E-state index contributed by atoms with van der Waals surface area (Å²) in [5.41, 5.74) is 6.91. The number of ether oxygens (including phenoxy) is 1. The number of nitrogens with one attached hydrogen (secondary N) is 1. The van der Waals surface area contributed by atoms with Gasteiger partial charge in [0.15, 0.2) is 0 Å². The van der Waals surface area contributed by atoms with Crippen LogP contribution in [0.1, 0.15) is 44.7 Å². The summed E-state index contributed by atoms with van der Waals surface area (Å²) < 4.78 is 5.11. The Bertz CT molecular complexity index is 390. The van der Waals surface area contributed by atoms with Crippen molar-refractivity contribution in [2.75, 3.05) is 7.11 Å². The van der Waals surface area contributed by atoms with Crippen LogP contribution in [0, 0.1) is 0 Å². The quantitative estimate of drug-likeness (QED) is 0.794. The Hall–Kier alpha value is -1.55. The van der Waals surface area contributed by atoms with Crippen LogP contribution < -0.4 is 15.8 Å². The minimum atomic E-state index is -0.0481. The first-order chi connectivity index (χ1) is 9.06. The van der Waals surface area contributed by atoms with Crippen LogP contribution in [0.15, 0.2) is 24.3 Å². The van der Waals surface area contributed by atoms with E-state index in [-0.39, 0.29) is 18.0 Å². The summed E-state index contributed by atoms with van der Waals surface area (Å²) in [6.45, 7) is 4.03. The highest BCUT2D eigenvalue weighted by Gasteiger charge is 2.12. The monoisotopic (exact) mass is 264 g/mol. The Labute approximate surface area is 115 Å². The topological polar surface area (TPSA) is 64.4 Å². The van der Waals surface area contributed by atoms with Crippen LogP contribution in [-0.2, 0) is 4.79 Å². The van der Waals surface area contributed by atoms with Crippen molar-refractivity contribution >= 4 is 5.91 Å². The van der Waals surface area contributed by atoms with Gasteiger partial charge in [0.1, 0.15) is 5.75 Å². The smallest absolute Gasteiger partial charge is 0.222 e. The molecular weight excluding hydrogens is 240 g/mol. The summed E-state index contributed by atoms with van der Waals surface area (Å²) >= 11 is 0. The molecule has 0 saturated heterocycles. The van der Waals surface area contributed by atoms with E-state index in [4.69, 9.17) is 10.5 Å². The van der Waals surface area contributed by atoms with Gasteiger partial charge in [0, 0.05) is 12.5 Å². The van der Waals surface area contributed by atoms with Gasteiger partial charge in [0.2, 0.25) is 5.91 Å². The van der Waals surface area contributed by atoms with Gasteiger partial charge in [-0.2, -0.15) is 0 Å². The van der Waals surface area contributed by atoms with Gasteiger partial charge in [-0.05, 0) is 31.0 Å². The number of amides is 1. The van der Waals surface area contributed by atoms with Crippen molar-refractivity contribution in [2.45, 2.75) is 45.2 Å². The largest absolute Gasteiger partial charge is 0.497 e. The maximum atomic E-state index is 11.8. The number of benzene rings is 1. The molecule has 0 aliphatic rings. The van der Waals surface area contributed by atoms with Crippen molar-refractivity contribution in [3.63, 3.8) is 0 Å². The molecule has 4 heteroatoms. The predicted molar refractivity (Wildman–Crippen MR) is 77.1 cm³/mol. The average molecular weight is 264 g/mol. The Balaban J connectivity index is 2.48. The van der Waals surface area contributed by atoms with Crippen LogP contribution in [0.3, 0.4) is 0 Å². The Kier molecular flexibility index (Phi) is 6.36. The van der Waals surface area contributed by atoms with Gasteiger partial charge in [-0.25, -0.2) is 0 Å². The van der Waals surface area contributed by atoms with E-state index < -0.39 is 0 Å². The van der Waals surface area contributed by atoms with E-state index in [0.29, 0.717) is 6.42 Å². The lowest BCUT2D eigenvalue weighted by molar-refractivity contribution is -0.122. The molecule has 19 heavy (non-hydrogen) atoms. The minimum Gasteiger partial charge on any atom is -0.497 e. The zero-order valence-corrected chi connectivity index (χ0v) is 12.0. The molecule has 0 aromatic heterocycles. The Morgan fingerprint density at radius 1 is 1.37 bits per heavy atom. The standard InChI is InChI=1S/C15H24N2O2/c1-4-5-13(16)10-15(18)17-11(2)12-6-8-14(19-3)9-7-12/h6-9,11,13H,4-5,10,16H2,1-3H3,(H,17,18). The molecule has 0 saturated carbocycles. The summed E-state index contributed by atoms with van der Waals surface area (Å²) in [6, 6.07) is 7.62. The number of rotatable bonds is 7. The van der Waals surface area contributed by atoms with Crippen LogP contribution in [0.5, 0.6) is 5.75 Å². The highest BCUT2D eigenvalue weighted by atomic mass is 16.5. The van der Waals surface area contributed by atoms with Gasteiger partial charge in [-0.15, -0.1) is 0 Å². The molecule has 0 fully saturated rings. The number of carbonyl (C=O) groups is 1. The predicted octanol–water partition coefficient (Wildman–Crippen LogP) is 2.39. The lowest BCUT2D eigenvalue weighted by atomic mass is 10.1. The SMILES string of the molecule is CCCC(N)CC(=O)NC(C)c1ccc(OC)cc1. The first kappa shape index (κ1) is 15.5. The third-order valence-electron chi connectivity index (χ3n) is 3.10. The zero-order chi connectivity index (χ0) is 14.3. The molecule has 3 N–H and O–H groups in total. The molecule has 0 spiro atoms. The second-order valence-corrected chi connectivity index (χ2v) is 4.82. The van der Waals surface area contributed by atoms with E-state index in [1.165, 1.54) is 0 Å². The highest BCUT2D eigenvalue weighted by molar-refractivity contribution is 5.77. The number of carbonyl (C=O) groups excluding carboxylic acids is 1. The number of nitrogens with two attached hydrogens (primary N) is 1. The van der Waals surface area contributed by atoms with Crippen LogP contribution in [0.2, 0.25) is 0 Å². The fourth-order valence-corrected chi connectivity index (χ4v) is 1.99. The second kappa shape index (κ2) is 7.79. The van der Waals surface area contributed by atoms with Crippen LogP contribution in [0.25, 0.3) is 0 Å². The normalized spacial score (nSPS) is 13.7. The summed E-state index contributed by atoms with van der Waals surface area (Å²) in [7, 11) is 1.63. The van der Waals surface area contributed by atoms with Gasteiger partial charge in [-0.1, -0.05) is 25.5 Å². The first-order valence-corrected chi connectivity index (χ1v) is 6.75. The molecule has 1 aromatic rings. The van der Waals surface area contributed by atoms with Gasteiger partial charge in [0.25, 0.3) is 0 Å². The van der Waals surface area contributed by atoms with Gasteiger partial charge in [-0.3, -0.25) is 4.79 Å². The average Bonchev–Trinajstić information content (AvgIpc) is 2.38. The number of methoxy groups -OCH3 is 1. The van der Waals surface area contributed by atoms with Crippen LogP contribution in [0.4, 0.5) is 0 Å². The van der Waals surface area contributed by atoms with E-state index in [0.717, 1.165) is 24.2 Å². The van der Waals surface area contributed by atoms with Crippen molar-refractivity contribution in [3.8, 4) is 5.75 Å². The molecule has 2 atom stereocenters. The third-order valence-corrected chi connectivity index (χ3v) is 3.10. The number of hydrogen-bond donors (Lipinski definition) is 2. The Morgan fingerprint density at radius 2 is 2.00 bits per heavy atom. The lowest BCUT2D eigenvalue weighted by Crippen LogP contribution is -2.33. The molecule has 1 amide bonds. The first-order valence-electron chi connectivity index (χ1n) is 6.75. The fraction of sp³-hybridized carbons (Fsp3) is 0.533. The van der Waals surface area contributed by atoms with E-state index in [1.807, 2.05) is 31.2 Å². The Morgan fingerprint density at radius 3 is 2.53 bits per heavy atom. The van der Waals surface area contributed by atoms with E-state index in [2.05, 4.69) is 12.2 Å². The lowest BCUT2D eigenvalue weighted by Gasteiger charge is -2.16. The summed E-state index contributed by atoms with van der Waals surface area (Å²) in [4.78, 5) is 11.8. The van der Waals surface area contributed by atoms with E-state index in [9.17, 15) is 4.79 Å². The van der Waals surface area contributed by atoms with E-state index in [1.54, 1.807) is 7.11 Å². The molecule has 0 aliphatic heterocycles. The van der Waals surface area contributed by atoms with Crippen molar-refractivity contribution in [1.29, 1.82) is 0 Å². The van der Waals surface area contributed by atoms with Crippen molar-refractivity contribution in [2.24, 2.45) is 5.73 Å². The molecule has 1 aromatic carbocycles. The maximum absolute atomic E-state index is 11.8. The van der Waals surface area contributed by atoms with Crippen molar-refractivity contribution in [3.05, 3.63) is 29.8 Å². The van der Waals surface area contributed by atoms with Crippen LogP contribution >= 0.6 is 0 Å². The summed E-state index contributed by atoms with van der Waals surface area (Å²) in [6.07, 6.45) is 2.27. The van der Waals surface area contributed by atoms with Crippen LogP contribution in [-0.4, -0.2) is 19.1 Å². The molecule has 2 unspecified atom stereocenters. The second-order valence-electron chi connectivity index (χ2n) is 4.82. The highest BCUT2D eigenvalue weighted by Crippen LogP contribution is 2.17. The molecule has 4 nitrogen and oxygen atoms in total. The summed E-state index contributed by atoms with van der Waals surface area (Å²) in [5.74, 6) is 0.816. The molecule has 0 aliphatic carbocycles.